The van der Waals surface area contributed by atoms with Gasteiger partial charge in [-0.3, -0.25) is 4.79 Å². The number of anilines is 4. The second-order valence-corrected chi connectivity index (χ2v) is 8.40. The molecule has 4 aromatic rings. The van der Waals surface area contributed by atoms with Gasteiger partial charge in [-0.05, 0) is 36.4 Å². The topological polar surface area (TPSA) is 114 Å². The molecule has 2 aromatic carbocycles. The first kappa shape index (κ1) is 22.1. The van der Waals surface area contributed by atoms with E-state index in [-0.39, 0.29) is 17.7 Å². The van der Waals surface area contributed by atoms with Gasteiger partial charge < -0.3 is 34.7 Å². The molecule has 6 rings (SSSR count). The summed E-state index contributed by atoms with van der Waals surface area (Å²) in [5.41, 5.74) is 1.87. The van der Waals surface area contributed by atoms with Crippen LogP contribution in [0.5, 0.6) is 11.5 Å². The largest absolute Gasteiger partial charge is 0.486 e. The molecule has 0 bridgehead atoms. The first-order chi connectivity index (χ1) is 17.6. The van der Waals surface area contributed by atoms with Crippen molar-refractivity contribution in [1.82, 2.24) is 20.2 Å². The number of nitrogens with one attached hydrogen (secondary N) is 3. The highest BCUT2D eigenvalue weighted by atomic mass is 19.1. The number of amides is 1. The Kier molecular flexibility index (Phi) is 5.74. The zero-order valence-electron chi connectivity index (χ0n) is 19.2. The fraction of sp³-hybridized carbons (Fsp3) is 0.240. The smallest absolute Gasteiger partial charge is 0.289 e. The van der Waals surface area contributed by atoms with Crippen molar-refractivity contribution in [2.24, 2.45) is 0 Å². The predicted octanol–water partition coefficient (Wildman–Crippen LogP) is 3.67. The number of halogens is 1. The Hall–Kier alpha value is -4.38. The number of furan rings is 1. The van der Waals surface area contributed by atoms with E-state index in [0.29, 0.717) is 60.5 Å². The third-order valence-electron chi connectivity index (χ3n) is 5.94. The van der Waals surface area contributed by atoms with Crippen molar-refractivity contribution in [3.05, 3.63) is 60.2 Å². The summed E-state index contributed by atoms with van der Waals surface area (Å²) in [5.74, 6) is 1.02. The average Bonchev–Trinajstić information content (AvgIpc) is 3.34. The maximum absolute atomic E-state index is 14.4. The Morgan fingerprint density at radius 3 is 2.61 bits per heavy atom. The quantitative estimate of drug-likeness (QED) is 0.386. The SMILES string of the molecule is O=C(c1cc2cc(Nc3ncc(F)c(Nc4ccc5c(c4)OCCO5)n3)ccc2o1)N1CCNCC1. The van der Waals surface area contributed by atoms with Crippen molar-refractivity contribution in [1.29, 1.82) is 0 Å². The summed E-state index contributed by atoms with van der Waals surface area (Å²) in [6, 6.07) is 12.4. The summed E-state index contributed by atoms with van der Waals surface area (Å²) >= 11 is 0. The van der Waals surface area contributed by atoms with Gasteiger partial charge in [0.2, 0.25) is 5.95 Å². The van der Waals surface area contributed by atoms with Crippen LogP contribution in [0.3, 0.4) is 0 Å². The molecule has 0 radical (unpaired) electrons. The highest BCUT2D eigenvalue weighted by Crippen LogP contribution is 2.34. The monoisotopic (exact) mass is 490 g/mol. The van der Waals surface area contributed by atoms with Crippen LogP contribution in [-0.2, 0) is 0 Å². The molecule has 11 heteroatoms. The molecule has 0 spiro atoms. The van der Waals surface area contributed by atoms with Gasteiger partial charge in [-0.25, -0.2) is 9.37 Å². The number of carbonyl (C=O) groups is 1. The van der Waals surface area contributed by atoms with Gasteiger partial charge >= 0.3 is 0 Å². The Morgan fingerprint density at radius 1 is 0.972 bits per heavy atom. The summed E-state index contributed by atoms with van der Waals surface area (Å²) in [7, 11) is 0. The fourth-order valence-corrected chi connectivity index (χ4v) is 4.15. The van der Waals surface area contributed by atoms with Crippen LogP contribution in [0.4, 0.5) is 27.5 Å². The number of hydrogen-bond donors (Lipinski definition) is 3. The van der Waals surface area contributed by atoms with Crippen LogP contribution in [0.1, 0.15) is 10.6 Å². The van der Waals surface area contributed by atoms with Gasteiger partial charge in [0, 0.05) is 49.0 Å². The molecule has 1 saturated heterocycles. The second-order valence-electron chi connectivity index (χ2n) is 8.40. The van der Waals surface area contributed by atoms with Crippen LogP contribution >= 0.6 is 0 Å². The van der Waals surface area contributed by atoms with Crippen LogP contribution < -0.4 is 25.4 Å². The maximum atomic E-state index is 14.4. The van der Waals surface area contributed by atoms with Crippen LogP contribution in [0.15, 0.2) is 53.1 Å². The molecule has 10 nitrogen and oxygen atoms in total. The number of piperazine rings is 1. The molecule has 184 valence electrons. The lowest BCUT2D eigenvalue weighted by Gasteiger charge is -2.26. The summed E-state index contributed by atoms with van der Waals surface area (Å²) in [6.45, 7) is 3.78. The zero-order valence-corrected chi connectivity index (χ0v) is 19.2. The molecule has 36 heavy (non-hydrogen) atoms. The Morgan fingerprint density at radius 2 is 1.75 bits per heavy atom. The van der Waals surface area contributed by atoms with Crippen LogP contribution in [0.25, 0.3) is 11.0 Å². The van der Waals surface area contributed by atoms with Crippen LogP contribution in [0, 0.1) is 5.82 Å². The van der Waals surface area contributed by atoms with Crippen molar-refractivity contribution < 1.29 is 23.1 Å². The van der Waals surface area contributed by atoms with Crippen molar-refractivity contribution >= 4 is 40.0 Å². The zero-order chi connectivity index (χ0) is 24.5. The van der Waals surface area contributed by atoms with Gasteiger partial charge in [0.15, 0.2) is 28.9 Å². The Labute approximate surface area is 205 Å². The van der Waals surface area contributed by atoms with Gasteiger partial charge in [0.05, 0.1) is 6.20 Å². The Bertz CT molecular complexity index is 1440. The number of hydrogen-bond acceptors (Lipinski definition) is 9. The molecule has 2 aliphatic heterocycles. The summed E-state index contributed by atoms with van der Waals surface area (Å²) in [6.07, 6.45) is 1.09. The molecular formula is C25H23FN6O4. The van der Waals surface area contributed by atoms with E-state index in [2.05, 4.69) is 25.9 Å². The van der Waals surface area contributed by atoms with Crippen molar-refractivity contribution in [3.63, 3.8) is 0 Å². The van der Waals surface area contributed by atoms with E-state index in [1.807, 2.05) is 6.07 Å². The molecule has 3 N–H and O–H groups in total. The van der Waals surface area contributed by atoms with Gasteiger partial charge in [-0.1, -0.05) is 0 Å². The maximum Gasteiger partial charge on any atom is 0.289 e. The summed E-state index contributed by atoms with van der Waals surface area (Å²) < 4.78 is 31.3. The van der Waals surface area contributed by atoms with Crippen molar-refractivity contribution in [2.45, 2.75) is 0 Å². The number of carbonyl (C=O) groups excluding carboxylic acids is 1. The average molecular weight is 490 g/mol. The Balaban J connectivity index is 1.19. The van der Waals surface area contributed by atoms with E-state index in [1.165, 1.54) is 0 Å². The van der Waals surface area contributed by atoms with Gasteiger partial charge in [0.25, 0.3) is 5.91 Å². The molecule has 2 aliphatic rings. The standard InChI is InChI=1S/C25H23FN6O4/c26-18-14-28-25(31-23(18)29-17-2-4-20-21(13-17)35-10-9-34-20)30-16-1-3-19-15(11-16)12-22(36-19)24(33)32-7-5-27-6-8-32/h1-4,11-14,27H,5-10H2,(H2,28,29,30,31). The highest BCUT2D eigenvalue weighted by Gasteiger charge is 2.21. The van der Waals surface area contributed by atoms with Gasteiger partial charge in [-0.2, -0.15) is 4.98 Å². The van der Waals surface area contributed by atoms with Gasteiger partial charge in [-0.15, -0.1) is 0 Å². The normalized spacial score (nSPS) is 15.1. The minimum absolute atomic E-state index is 0.0115. The predicted molar refractivity (Wildman–Crippen MR) is 131 cm³/mol. The minimum atomic E-state index is -0.600. The van der Waals surface area contributed by atoms with E-state index in [4.69, 9.17) is 13.9 Å². The number of fused-ring (bicyclic) bond motifs is 2. The number of nitrogens with zero attached hydrogens (tertiary/aromatic N) is 3. The third-order valence-corrected chi connectivity index (χ3v) is 5.94. The highest BCUT2D eigenvalue weighted by molar-refractivity contribution is 5.97. The second kappa shape index (κ2) is 9.34. The molecule has 0 saturated carbocycles. The van der Waals surface area contributed by atoms with Crippen molar-refractivity contribution in [2.75, 3.05) is 50.0 Å². The molecule has 0 atom stereocenters. The van der Waals surface area contributed by atoms with Crippen LogP contribution in [-0.4, -0.2) is 60.2 Å². The van der Waals surface area contributed by atoms with Crippen molar-refractivity contribution in [3.8, 4) is 11.5 Å². The fourth-order valence-electron chi connectivity index (χ4n) is 4.15. The molecule has 0 aliphatic carbocycles. The molecule has 1 amide bonds. The summed E-state index contributed by atoms with van der Waals surface area (Å²) in [4.78, 5) is 22.9. The number of ether oxygens (including phenoxy) is 2. The lowest BCUT2D eigenvalue weighted by atomic mass is 10.2. The van der Waals surface area contributed by atoms with E-state index in [0.717, 1.165) is 24.7 Å². The third kappa shape index (κ3) is 4.48. The summed E-state index contributed by atoms with van der Waals surface area (Å²) in [5, 5.41) is 10.0. The van der Waals surface area contributed by atoms with Gasteiger partial charge in [0.1, 0.15) is 18.8 Å². The minimum Gasteiger partial charge on any atom is -0.486 e. The molecule has 0 unspecified atom stereocenters. The first-order valence-electron chi connectivity index (χ1n) is 11.6. The van der Waals surface area contributed by atoms with Crippen LogP contribution in [0.2, 0.25) is 0 Å². The number of aromatic nitrogens is 2. The molecule has 4 heterocycles. The van der Waals surface area contributed by atoms with E-state index < -0.39 is 5.82 Å². The van der Waals surface area contributed by atoms with E-state index >= 15 is 0 Å². The molecule has 1 fully saturated rings. The molecule has 2 aromatic heterocycles. The first-order valence-corrected chi connectivity index (χ1v) is 11.6. The number of benzene rings is 2. The van der Waals surface area contributed by atoms with E-state index in [9.17, 15) is 9.18 Å². The number of rotatable bonds is 5. The lowest BCUT2D eigenvalue weighted by molar-refractivity contribution is 0.0706. The van der Waals surface area contributed by atoms with E-state index in [1.54, 1.807) is 41.3 Å². The lowest BCUT2D eigenvalue weighted by Crippen LogP contribution is -2.46. The molecular weight excluding hydrogens is 467 g/mol.